The van der Waals surface area contributed by atoms with Crippen molar-refractivity contribution in [2.75, 3.05) is 0 Å². The van der Waals surface area contributed by atoms with Gasteiger partial charge in [-0.1, -0.05) is 30.3 Å². The van der Waals surface area contributed by atoms with Gasteiger partial charge in [0.25, 0.3) is 0 Å². The van der Waals surface area contributed by atoms with Gasteiger partial charge in [-0.2, -0.15) is 5.26 Å². The molecule has 1 aliphatic heterocycles. The van der Waals surface area contributed by atoms with Gasteiger partial charge in [-0.3, -0.25) is 4.90 Å². The molecule has 0 spiro atoms. The molecule has 2 aromatic rings. The third-order valence-electron chi connectivity index (χ3n) is 3.48. The largest absolute Gasteiger partial charge is 0.290 e. The standard InChI is InChI=1S/C16H13FN2/c17-16-7-12(8-18)5-6-15(16)11-19-9-13-3-1-2-4-14(13)10-19/h1-7H,9-11H2. The van der Waals surface area contributed by atoms with E-state index >= 15 is 0 Å². The number of fused-ring (bicyclic) bond motifs is 1. The van der Waals surface area contributed by atoms with E-state index in [9.17, 15) is 4.39 Å². The molecule has 0 atom stereocenters. The van der Waals surface area contributed by atoms with Crippen LogP contribution in [0.3, 0.4) is 0 Å². The molecule has 0 amide bonds. The molecule has 1 aliphatic rings. The van der Waals surface area contributed by atoms with E-state index in [0.717, 1.165) is 13.1 Å². The molecule has 0 aliphatic carbocycles. The normalized spacial score (nSPS) is 14.1. The first-order chi connectivity index (χ1) is 9.26. The fourth-order valence-corrected chi connectivity index (χ4v) is 2.50. The predicted molar refractivity (Wildman–Crippen MR) is 70.5 cm³/mol. The Morgan fingerprint density at radius 2 is 1.79 bits per heavy atom. The Hall–Kier alpha value is -2.18. The van der Waals surface area contributed by atoms with Gasteiger partial charge in [0.15, 0.2) is 0 Å². The van der Waals surface area contributed by atoms with Crippen molar-refractivity contribution in [3.8, 4) is 6.07 Å². The average Bonchev–Trinajstić information content (AvgIpc) is 2.83. The lowest BCUT2D eigenvalue weighted by Crippen LogP contribution is -2.16. The number of nitriles is 1. The summed E-state index contributed by atoms with van der Waals surface area (Å²) < 4.78 is 13.8. The van der Waals surface area contributed by atoms with Crippen LogP contribution in [0, 0.1) is 17.1 Å². The molecule has 1 heterocycles. The molecule has 0 saturated heterocycles. The van der Waals surface area contributed by atoms with Gasteiger partial charge < -0.3 is 0 Å². The first-order valence-corrected chi connectivity index (χ1v) is 6.24. The molecule has 3 rings (SSSR count). The summed E-state index contributed by atoms with van der Waals surface area (Å²) >= 11 is 0. The van der Waals surface area contributed by atoms with E-state index in [4.69, 9.17) is 5.26 Å². The fraction of sp³-hybridized carbons (Fsp3) is 0.188. The minimum Gasteiger partial charge on any atom is -0.290 e. The number of hydrogen-bond acceptors (Lipinski definition) is 2. The summed E-state index contributed by atoms with van der Waals surface area (Å²) in [4.78, 5) is 2.20. The van der Waals surface area contributed by atoms with Crippen LogP contribution in [0.2, 0.25) is 0 Å². The quantitative estimate of drug-likeness (QED) is 0.820. The Morgan fingerprint density at radius 1 is 1.11 bits per heavy atom. The molecular formula is C16H13FN2. The minimum atomic E-state index is -0.296. The van der Waals surface area contributed by atoms with Crippen LogP contribution in [-0.2, 0) is 19.6 Å². The van der Waals surface area contributed by atoms with Crippen LogP contribution in [0.1, 0.15) is 22.3 Å². The van der Waals surface area contributed by atoms with Crippen LogP contribution >= 0.6 is 0 Å². The van der Waals surface area contributed by atoms with Crippen LogP contribution < -0.4 is 0 Å². The maximum absolute atomic E-state index is 13.8. The summed E-state index contributed by atoms with van der Waals surface area (Å²) in [6, 6.07) is 14.9. The van der Waals surface area contributed by atoms with Gasteiger partial charge in [0.1, 0.15) is 5.82 Å². The summed E-state index contributed by atoms with van der Waals surface area (Å²) in [5.41, 5.74) is 3.64. The van der Waals surface area contributed by atoms with Gasteiger partial charge in [0.2, 0.25) is 0 Å². The average molecular weight is 252 g/mol. The minimum absolute atomic E-state index is 0.296. The maximum atomic E-state index is 13.8. The number of nitrogens with zero attached hydrogens (tertiary/aromatic N) is 2. The Kier molecular flexibility index (Phi) is 3.02. The number of rotatable bonds is 2. The zero-order valence-corrected chi connectivity index (χ0v) is 10.4. The molecule has 94 valence electrons. The van der Waals surface area contributed by atoms with Crippen molar-refractivity contribution >= 4 is 0 Å². The highest BCUT2D eigenvalue weighted by Crippen LogP contribution is 2.24. The lowest BCUT2D eigenvalue weighted by Gasteiger charge is -2.15. The lowest BCUT2D eigenvalue weighted by atomic mass is 10.1. The molecule has 0 fully saturated rings. The van der Waals surface area contributed by atoms with Gasteiger partial charge >= 0.3 is 0 Å². The van der Waals surface area contributed by atoms with Crippen molar-refractivity contribution in [2.24, 2.45) is 0 Å². The molecule has 2 nitrogen and oxygen atoms in total. The van der Waals surface area contributed by atoms with Crippen LogP contribution in [0.25, 0.3) is 0 Å². The summed E-state index contributed by atoms with van der Waals surface area (Å²) in [6.07, 6.45) is 0. The predicted octanol–water partition coefficient (Wildman–Crippen LogP) is 3.21. The topological polar surface area (TPSA) is 27.0 Å². The molecule has 0 N–H and O–H groups in total. The van der Waals surface area contributed by atoms with E-state index in [0.29, 0.717) is 17.7 Å². The number of hydrogen-bond donors (Lipinski definition) is 0. The SMILES string of the molecule is N#Cc1ccc(CN2Cc3ccccc3C2)c(F)c1. The lowest BCUT2D eigenvalue weighted by molar-refractivity contribution is 0.271. The number of halogens is 1. The van der Waals surface area contributed by atoms with Crippen molar-refractivity contribution in [3.63, 3.8) is 0 Å². The van der Waals surface area contributed by atoms with Gasteiger partial charge in [-0.15, -0.1) is 0 Å². The summed E-state index contributed by atoms with van der Waals surface area (Å²) in [7, 11) is 0. The highest BCUT2D eigenvalue weighted by molar-refractivity contribution is 5.34. The fourth-order valence-electron chi connectivity index (χ4n) is 2.50. The highest BCUT2D eigenvalue weighted by Gasteiger charge is 2.19. The summed E-state index contributed by atoms with van der Waals surface area (Å²) in [6.45, 7) is 2.29. The van der Waals surface area contributed by atoms with Crippen LogP contribution in [-0.4, -0.2) is 4.90 Å². The Bertz CT molecular complexity index is 633. The second kappa shape index (κ2) is 4.83. The molecule has 0 bridgehead atoms. The first kappa shape index (κ1) is 11.9. The smallest absolute Gasteiger partial charge is 0.129 e. The van der Waals surface area contributed by atoms with E-state index in [1.807, 2.05) is 18.2 Å². The monoisotopic (exact) mass is 252 g/mol. The number of benzene rings is 2. The van der Waals surface area contributed by atoms with Crippen molar-refractivity contribution in [2.45, 2.75) is 19.6 Å². The van der Waals surface area contributed by atoms with E-state index in [1.165, 1.54) is 17.2 Å². The zero-order valence-electron chi connectivity index (χ0n) is 10.4. The van der Waals surface area contributed by atoms with Crippen LogP contribution in [0.4, 0.5) is 4.39 Å². The third-order valence-corrected chi connectivity index (χ3v) is 3.48. The van der Waals surface area contributed by atoms with E-state index in [2.05, 4.69) is 17.0 Å². The maximum Gasteiger partial charge on any atom is 0.129 e. The van der Waals surface area contributed by atoms with Crippen LogP contribution in [0.15, 0.2) is 42.5 Å². The molecule has 0 unspecified atom stereocenters. The van der Waals surface area contributed by atoms with Gasteiger partial charge in [-0.25, -0.2) is 4.39 Å². The van der Waals surface area contributed by atoms with E-state index in [-0.39, 0.29) is 5.82 Å². The molecule has 3 heteroatoms. The zero-order chi connectivity index (χ0) is 13.2. The Balaban J connectivity index is 1.76. The second-order valence-corrected chi connectivity index (χ2v) is 4.83. The Morgan fingerprint density at radius 3 is 2.37 bits per heavy atom. The van der Waals surface area contributed by atoms with E-state index < -0.39 is 0 Å². The molecule has 19 heavy (non-hydrogen) atoms. The summed E-state index contributed by atoms with van der Waals surface area (Å²) in [5.74, 6) is -0.296. The molecular weight excluding hydrogens is 239 g/mol. The molecule has 0 radical (unpaired) electrons. The molecule has 2 aromatic carbocycles. The van der Waals surface area contributed by atoms with Crippen molar-refractivity contribution in [1.29, 1.82) is 5.26 Å². The molecule has 0 saturated carbocycles. The highest BCUT2D eigenvalue weighted by atomic mass is 19.1. The third kappa shape index (κ3) is 2.35. The van der Waals surface area contributed by atoms with Gasteiger partial charge in [0.05, 0.1) is 11.6 Å². The summed E-state index contributed by atoms with van der Waals surface area (Å²) in [5, 5.41) is 8.73. The second-order valence-electron chi connectivity index (χ2n) is 4.83. The van der Waals surface area contributed by atoms with E-state index in [1.54, 1.807) is 12.1 Å². The van der Waals surface area contributed by atoms with Crippen LogP contribution in [0.5, 0.6) is 0 Å². The molecule has 0 aromatic heterocycles. The van der Waals surface area contributed by atoms with Gasteiger partial charge in [-0.05, 0) is 23.3 Å². The Labute approximate surface area is 111 Å². The van der Waals surface area contributed by atoms with Gasteiger partial charge in [0, 0.05) is 25.2 Å². The van der Waals surface area contributed by atoms with Crippen molar-refractivity contribution in [1.82, 2.24) is 4.90 Å². The first-order valence-electron chi connectivity index (χ1n) is 6.24. The van der Waals surface area contributed by atoms with Crippen molar-refractivity contribution in [3.05, 3.63) is 70.5 Å². The van der Waals surface area contributed by atoms with Crippen molar-refractivity contribution < 1.29 is 4.39 Å².